The Morgan fingerprint density at radius 3 is 2.69 bits per heavy atom. The number of aryl methyl sites for hydroxylation is 2. The lowest BCUT2D eigenvalue weighted by Gasteiger charge is -2.13. The van der Waals surface area contributed by atoms with Crippen molar-refractivity contribution in [3.05, 3.63) is 77.2 Å². The number of ether oxygens (including phenoxy) is 1. The van der Waals surface area contributed by atoms with Crippen LogP contribution in [0.3, 0.4) is 0 Å². The largest absolute Gasteiger partial charge is 0.496 e. The lowest BCUT2D eigenvalue weighted by atomic mass is 9.97. The van der Waals surface area contributed by atoms with Crippen LogP contribution in [0.4, 0.5) is 0 Å². The molecule has 1 aliphatic rings. The van der Waals surface area contributed by atoms with E-state index in [1.54, 1.807) is 18.9 Å². The Morgan fingerprint density at radius 2 is 1.81 bits per heavy atom. The summed E-state index contributed by atoms with van der Waals surface area (Å²) in [5, 5.41) is 14.4. The van der Waals surface area contributed by atoms with Gasteiger partial charge in [0, 0.05) is 24.3 Å². The minimum Gasteiger partial charge on any atom is -0.496 e. The average Bonchev–Trinajstić information content (AvgIpc) is 3.45. The second-order valence-electron chi connectivity index (χ2n) is 7.92. The zero-order valence-corrected chi connectivity index (χ0v) is 19.0. The molecular formula is C25H26N4O2S. The standard InChI is InChI=1S/C25H26N4O2S/c1-30-22-13-7-6-12-20(22)24-26-27-25(29(24)16-15-18-9-3-2-4-10-18)32-17-21-19-11-5-8-14-23(19)31-28-21/h2-4,6-7,9-10,12-13H,5,8,11,14-17H2,1H3. The molecule has 0 N–H and O–H groups in total. The number of fused-ring (bicyclic) bond motifs is 1. The quantitative estimate of drug-likeness (QED) is 0.340. The van der Waals surface area contributed by atoms with Gasteiger partial charge in [-0.2, -0.15) is 0 Å². The zero-order valence-electron chi connectivity index (χ0n) is 18.2. The Morgan fingerprint density at radius 1 is 1.00 bits per heavy atom. The van der Waals surface area contributed by atoms with Crippen molar-refractivity contribution >= 4 is 11.8 Å². The van der Waals surface area contributed by atoms with Gasteiger partial charge in [-0.1, -0.05) is 59.4 Å². The first-order chi connectivity index (χ1) is 15.8. The number of rotatable bonds is 8. The molecule has 0 atom stereocenters. The lowest BCUT2D eigenvalue weighted by molar-refractivity contribution is 0.369. The van der Waals surface area contributed by atoms with E-state index >= 15 is 0 Å². The molecule has 0 radical (unpaired) electrons. The summed E-state index contributed by atoms with van der Waals surface area (Å²) >= 11 is 1.67. The van der Waals surface area contributed by atoms with E-state index in [1.165, 1.54) is 24.0 Å². The first-order valence-corrected chi connectivity index (χ1v) is 12.0. The van der Waals surface area contributed by atoms with E-state index in [-0.39, 0.29) is 0 Å². The molecule has 1 aliphatic carbocycles. The fourth-order valence-corrected chi connectivity index (χ4v) is 5.13. The van der Waals surface area contributed by atoms with Gasteiger partial charge in [0.25, 0.3) is 0 Å². The Bertz CT molecular complexity index is 1190. The van der Waals surface area contributed by atoms with Crippen LogP contribution in [-0.2, 0) is 31.6 Å². The SMILES string of the molecule is COc1ccccc1-c1nnc(SCc2noc3c2CCCC3)n1CCc1ccccc1. The summed E-state index contributed by atoms with van der Waals surface area (Å²) in [5.74, 6) is 3.41. The fourth-order valence-electron chi connectivity index (χ4n) is 4.21. The monoisotopic (exact) mass is 446 g/mol. The normalized spacial score (nSPS) is 13.2. The summed E-state index contributed by atoms with van der Waals surface area (Å²) in [6, 6.07) is 18.5. The van der Waals surface area contributed by atoms with Crippen molar-refractivity contribution in [1.82, 2.24) is 19.9 Å². The molecule has 0 spiro atoms. The highest BCUT2D eigenvalue weighted by molar-refractivity contribution is 7.98. The van der Waals surface area contributed by atoms with Crippen LogP contribution in [0.2, 0.25) is 0 Å². The maximum absolute atomic E-state index is 5.60. The molecule has 7 heteroatoms. The van der Waals surface area contributed by atoms with Gasteiger partial charge < -0.3 is 13.8 Å². The molecule has 0 bridgehead atoms. The summed E-state index contributed by atoms with van der Waals surface area (Å²) < 4.78 is 13.4. The Labute approximate surface area is 192 Å². The van der Waals surface area contributed by atoms with Crippen LogP contribution in [0.5, 0.6) is 5.75 Å². The van der Waals surface area contributed by atoms with E-state index in [9.17, 15) is 0 Å². The first-order valence-electron chi connectivity index (χ1n) is 11.0. The predicted molar refractivity (Wildman–Crippen MR) is 125 cm³/mol. The molecule has 164 valence electrons. The second kappa shape index (κ2) is 9.61. The predicted octanol–water partition coefficient (Wildman–Crippen LogP) is 5.36. The number of hydrogen-bond donors (Lipinski definition) is 0. The molecule has 0 saturated carbocycles. The van der Waals surface area contributed by atoms with E-state index in [4.69, 9.17) is 9.26 Å². The van der Waals surface area contributed by atoms with Crippen molar-refractivity contribution in [3.63, 3.8) is 0 Å². The Balaban J connectivity index is 1.43. The highest BCUT2D eigenvalue weighted by atomic mass is 32.2. The van der Waals surface area contributed by atoms with Crippen molar-refractivity contribution < 1.29 is 9.26 Å². The number of benzene rings is 2. The van der Waals surface area contributed by atoms with Gasteiger partial charge in [-0.15, -0.1) is 10.2 Å². The molecular weight excluding hydrogens is 420 g/mol. The fraction of sp³-hybridized carbons (Fsp3) is 0.320. The minimum absolute atomic E-state index is 0.730. The molecule has 0 aliphatic heterocycles. The van der Waals surface area contributed by atoms with Gasteiger partial charge in [0.1, 0.15) is 11.5 Å². The van der Waals surface area contributed by atoms with E-state index in [0.717, 1.165) is 65.3 Å². The molecule has 5 rings (SSSR count). The molecule has 0 amide bonds. The first kappa shape index (κ1) is 20.8. The molecule has 0 saturated heterocycles. The smallest absolute Gasteiger partial charge is 0.191 e. The lowest BCUT2D eigenvalue weighted by Crippen LogP contribution is -2.06. The summed E-state index contributed by atoms with van der Waals surface area (Å²) in [6.45, 7) is 0.781. The van der Waals surface area contributed by atoms with Crippen LogP contribution in [0, 0.1) is 0 Å². The average molecular weight is 447 g/mol. The van der Waals surface area contributed by atoms with Gasteiger partial charge >= 0.3 is 0 Å². The van der Waals surface area contributed by atoms with Crippen LogP contribution >= 0.6 is 11.8 Å². The van der Waals surface area contributed by atoms with E-state index < -0.39 is 0 Å². The van der Waals surface area contributed by atoms with Crippen LogP contribution in [-0.4, -0.2) is 27.0 Å². The zero-order chi connectivity index (χ0) is 21.8. The molecule has 0 fully saturated rings. The number of hydrogen-bond acceptors (Lipinski definition) is 6. The molecule has 2 aromatic heterocycles. The van der Waals surface area contributed by atoms with Crippen LogP contribution in [0.15, 0.2) is 64.3 Å². The summed E-state index contributed by atoms with van der Waals surface area (Å²) in [7, 11) is 1.69. The molecule has 0 unspecified atom stereocenters. The van der Waals surface area contributed by atoms with Gasteiger partial charge in [0.2, 0.25) is 0 Å². The van der Waals surface area contributed by atoms with Gasteiger partial charge in [0.05, 0.1) is 18.4 Å². The van der Waals surface area contributed by atoms with Crippen LogP contribution in [0.25, 0.3) is 11.4 Å². The van der Waals surface area contributed by atoms with Crippen LogP contribution < -0.4 is 4.74 Å². The number of aromatic nitrogens is 4. The third kappa shape index (κ3) is 4.30. The highest BCUT2D eigenvalue weighted by Crippen LogP contribution is 2.33. The topological polar surface area (TPSA) is 66.0 Å². The maximum atomic E-state index is 5.60. The summed E-state index contributed by atoms with van der Waals surface area (Å²) in [6.07, 6.45) is 5.34. The van der Waals surface area contributed by atoms with Crippen molar-refractivity contribution in [1.29, 1.82) is 0 Å². The van der Waals surface area contributed by atoms with Gasteiger partial charge in [-0.25, -0.2) is 0 Å². The Kier molecular flexibility index (Phi) is 6.25. The van der Waals surface area contributed by atoms with Gasteiger partial charge in [-0.05, 0) is 43.4 Å². The molecule has 2 aromatic carbocycles. The third-order valence-corrected chi connectivity index (χ3v) is 6.88. The van der Waals surface area contributed by atoms with Crippen LogP contribution in [0.1, 0.15) is 35.4 Å². The second-order valence-corrected chi connectivity index (χ2v) is 8.86. The highest BCUT2D eigenvalue weighted by Gasteiger charge is 2.22. The maximum Gasteiger partial charge on any atom is 0.191 e. The number of para-hydroxylation sites is 1. The van der Waals surface area contributed by atoms with E-state index in [0.29, 0.717) is 0 Å². The number of nitrogens with zero attached hydrogens (tertiary/aromatic N) is 4. The molecule has 6 nitrogen and oxygen atoms in total. The summed E-state index contributed by atoms with van der Waals surface area (Å²) in [5.41, 5.74) is 4.57. The van der Waals surface area contributed by atoms with Gasteiger partial charge in [0.15, 0.2) is 11.0 Å². The third-order valence-electron chi connectivity index (χ3n) is 5.90. The molecule has 2 heterocycles. The van der Waals surface area contributed by atoms with E-state index in [2.05, 4.69) is 44.2 Å². The molecule has 32 heavy (non-hydrogen) atoms. The Hall–Kier alpha value is -3.06. The van der Waals surface area contributed by atoms with Gasteiger partial charge in [-0.3, -0.25) is 0 Å². The number of thioether (sulfide) groups is 1. The van der Waals surface area contributed by atoms with E-state index in [1.807, 2.05) is 30.3 Å². The number of methoxy groups -OCH3 is 1. The van der Waals surface area contributed by atoms with Crippen molar-refractivity contribution in [2.24, 2.45) is 0 Å². The van der Waals surface area contributed by atoms with Crippen molar-refractivity contribution in [2.45, 2.75) is 49.6 Å². The molecule has 4 aromatic rings. The van der Waals surface area contributed by atoms with Crippen molar-refractivity contribution in [3.8, 4) is 17.1 Å². The van der Waals surface area contributed by atoms with Crippen molar-refractivity contribution in [2.75, 3.05) is 7.11 Å². The summed E-state index contributed by atoms with van der Waals surface area (Å²) in [4.78, 5) is 0. The minimum atomic E-state index is 0.730.